The van der Waals surface area contributed by atoms with Crippen LogP contribution in [0.3, 0.4) is 0 Å². The monoisotopic (exact) mass is 710 g/mol. The van der Waals surface area contributed by atoms with Gasteiger partial charge in [0.1, 0.15) is 6.04 Å². The van der Waals surface area contributed by atoms with Crippen LogP contribution in [0.5, 0.6) is 0 Å². The highest BCUT2D eigenvalue weighted by atomic mass is 35.5. The third-order valence-electron chi connectivity index (χ3n) is 7.69. The maximum absolute atomic E-state index is 14.6. The number of nitrogens with two attached hydrogens (primary N) is 4. The number of hydrazine groups is 1. The van der Waals surface area contributed by atoms with E-state index in [4.69, 9.17) is 39.0 Å². The minimum absolute atomic E-state index is 0.000840. The second-order valence-electron chi connectivity index (χ2n) is 10.9. The first kappa shape index (κ1) is 35.4. The number of aromatic nitrogens is 2. The fourth-order valence-electron chi connectivity index (χ4n) is 5.35. The van der Waals surface area contributed by atoms with Crippen LogP contribution in [-0.2, 0) is 0 Å². The van der Waals surface area contributed by atoms with E-state index >= 15 is 0 Å². The number of Topliss-reactive ketones (excluding diaryl/α,β-unsaturated/α-hetero) is 1. The average molecular weight is 711 g/mol. The summed E-state index contributed by atoms with van der Waals surface area (Å²) in [5, 5.41) is 1.00. The van der Waals surface area contributed by atoms with Crippen LogP contribution in [-0.4, -0.2) is 62.2 Å². The Morgan fingerprint density at radius 3 is 2.00 bits per heavy atom. The Kier molecular flexibility index (Phi) is 9.90. The Labute approximate surface area is 292 Å². The van der Waals surface area contributed by atoms with Crippen LogP contribution in [0.25, 0.3) is 22.4 Å². The molecule has 51 heavy (non-hydrogen) atoms. The molecule has 2 aromatic heterocycles. The molecule has 5 aromatic rings. The van der Waals surface area contributed by atoms with Crippen molar-refractivity contribution in [1.29, 1.82) is 0 Å². The zero-order valence-electron chi connectivity index (χ0n) is 26.5. The van der Waals surface area contributed by atoms with E-state index in [1.54, 1.807) is 36.4 Å². The molecule has 0 aliphatic carbocycles. The van der Waals surface area contributed by atoms with Crippen LogP contribution >= 0.6 is 11.6 Å². The standard InChI is InChI=1S/C34H27ClN8O8/c1-2-21(26(44)33-41-31-22(51-33)7-4-12-40-31)43(42-32(49)16-10-8-15(9-11-16)17-5-3-6-18(35)13-17)34(50)24-20(28(37)46)14-19(27(36)45)23(29(38)47)25(24)30(39)48/h3-14,21H,2H2,1H3,(H2,36,45)(H2,37,46)(H2,38,47)(H2,39,48)(H,42,49)/t21-/m0/s1. The van der Waals surface area contributed by atoms with Crippen molar-refractivity contribution < 1.29 is 38.0 Å². The Balaban J connectivity index is 1.67. The number of hydrogen-bond acceptors (Lipinski definition) is 10. The zero-order chi connectivity index (χ0) is 37.1. The zero-order valence-corrected chi connectivity index (χ0v) is 27.3. The number of rotatable bonds is 11. The Morgan fingerprint density at radius 2 is 1.43 bits per heavy atom. The van der Waals surface area contributed by atoms with Gasteiger partial charge in [0.25, 0.3) is 17.7 Å². The van der Waals surface area contributed by atoms with Gasteiger partial charge < -0.3 is 27.4 Å². The lowest BCUT2D eigenvalue weighted by Crippen LogP contribution is -2.55. The van der Waals surface area contributed by atoms with Gasteiger partial charge in [0.05, 0.1) is 27.8 Å². The minimum Gasteiger partial charge on any atom is -0.432 e. The Morgan fingerprint density at radius 1 is 0.784 bits per heavy atom. The fraction of sp³-hybridized carbons (Fsp3) is 0.0882. The predicted molar refractivity (Wildman–Crippen MR) is 181 cm³/mol. The lowest BCUT2D eigenvalue weighted by Gasteiger charge is -2.31. The quantitative estimate of drug-likeness (QED) is 0.0985. The molecule has 2 heterocycles. The van der Waals surface area contributed by atoms with Gasteiger partial charge in [-0.15, -0.1) is 0 Å². The summed E-state index contributed by atoms with van der Waals surface area (Å²) in [5.74, 6) is -9.39. The van der Waals surface area contributed by atoms with Crippen molar-refractivity contribution in [2.24, 2.45) is 22.9 Å². The SMILES string of the molecule is CC[C@@H](C(=O)c1nc2ncccc2o1)N(NC(=O)c1ccc(-c2cccc(Cl)c2)cc1)C(=O)c1c(C(N)=O)cc(C(N)=O)c(C(N)=O)c1C(N)=O. The molecule has 9 N–H and O–H groups in total. The third-order valence-corrected chi connectivity index (χ3v) is 7.92. The van der Waals surface area contributed by atoms with Gasteiger partial charge in [-0.2, -0.15) is 4.98 Å². The number of carbonyl (C=O) groups is 7. The van der Waals surface area contributed by atoms with Crippen molar-refractivity contribution in [3.05, 3.63) is 117 Å². The number of ketones is 1. The second-order valence-corrected chi connectivity index (χ2v) is 11.3. The fourth-order valence-corrected chi connectivity index (χ4v) is 5.54. The van der Waals surface area contributed by atoms with Gasteiger partial charge in [0, 0.05) is 16.8 Å². The Bertz CT molecular complexity index is 2250. The number of amides is 6. The van der Waals surface area contributed by atoms with Gasteiger partial charge in [0.15, 0.2) is 11.2 Å². The summed E-state index contributed by atoms with van der Waals surface area (Å²) in [7, 11) is 0. The number of oxazole rings is 1. The molecule has 5 rings (SSSR count). The molecule has 0 saturated heterocycles. The van der Waals surface area contributed by atoms with Crippen molar-refractivity contribution in [1.82, 2.24) is 20.4 Å². The number of hydrogen-bond donors (Lipinski definition) is 5. The molecule has 16 nitrogen and oxygen atoms in total. The topological polar surface area (TPSA) is 278 Å². The summed E-state index contributed by atoms with van der Waals surface area (Å²) in [6.45, 7) is 1.48. The highest BCUT2D eigenvalue weighted by molar-refractivity contribution is 6.30. The molecule has 258 valence electrons. The molecule has 0 aliphatic heterocycles. The third kappa shape index (κ3) is 6.97. The number of carbonyl (C=O) groups excluding carboxylic acids is 7. The van der Waals surface area contributed by atoms with E-state index in [-0.39, 0.29) is 23.2 Å². The average Bonchev–Trinajstić information content (AvgIpc) is 3.54. The molecule has 0 fully saturated rings. The van der Waals surface area contributed by atoms with Gasteiger partial charge in [0.2, 0.25) is 29.4 Å². The van der Waals surface area contributed by atoms with Crippen molar-refractivity contribution >= 4 is 64.1 Å². The van der Waals surface area contributed by atoms with Gasteiger partial charge in [-0.1, -0.05) is 42.8 Å². The van der Waals surface area contributed by atoms with E-state index < -0.39 is 81.0 Å². The van der Waals surface area contributed by atoms with Gasteiger partial charge in [-0.25, -0.2) is 9.99 Å². The van der Waals surface area contributed by atoms with E-state index in [1.807, 2.05) is 0 Å². The molecular weight excluding hydrogens is 684 g/mol. The maximum atomic E-state index is 14.6. The normalized spacial score (nSPS) is 11.4. The lowest BCUT2D eigenvalue weighted by atomic mass is 9.88. The van der Waals surface area contributed by atoms with E-state index in [0.29, 0.717) is 21.7 Å². The first-order valence-electron chi connectivity index (χ1n) is 14.9. The maximum Gasteiger partial charge on any atom is 0.274 e. The van der Waals surface area contributed by atoms with Crippen LogP contribution in [0.2, 0.25) is 5.02 Å². The van der Waals surface area contributed by atoms with Crippen molar-refractivity contribution in [3.63, 3.8) is 0 Å². The second kappa shape index (κ2) is 14.3. The molecule has 6 amide bonds. The minimum atomic E-state index is -1.64. The van der Waals surface area contributed by atoms with Crippen LogP contribution < -0.4 is 28.4 Å². The number of halogens is 1. The first-order chi connectivity index (χ1) is 24.2. The van der Waals surface area contributed by atoms with Crippen molar-refractivity contribution in [3.8, 4) is 11.1 Å². The predicted octanol–water partition coefficient (Wildman–Crippen LogP) is 2.39. The van der Waals surface area contributed by atoms with Crippen molar-refractivity contribution in [2.45, 2.75) is 19.4 Å². The molecule has 17 heteroatoms. The van der Waals surface area contributed by atoms with Crippen molar-refractivity contribution in [2.75, 3.05) is 0 Å². The first-order valence-corrected chi connectivity index (χ1v) is 15.3. The summed E-state index contributed by atoms with van der Waals surface area (Å²) < 4.78 is 5.57. The number of fused-ring (bicyclic) bond motifs is 1. The highest BCUT2D eigenvalue weighted by Crippen LogP contribution is 2.28. The lowest BCUT2D eigenvalue weighted by molar-refractivity contribution is 0.0431. The summed E-state index contributed by atoms with van der Waals surface area (Å²) >= 11 is 6.11. The number of nitrogens with zero attached hydrogens (tertiary/aromatic N) is 3. The van der Waals surface area contributed by atoms with Crippen LogP contribution in [0.1, 0.15) is 86.2 Å². The smallest absolute Gasteiger partial charge is 0.274 e. The van der Waals surface area contributed by atoms with Crippen LogP contribution in [0, 0.1) is 0 Å². The molecule has 0 radical (unpaired) electrons. The molecule has 1 atom stereocenters. The summed E-state index contributed by atoms with van der Waals surface area (Å²) in [6, 6.07) is 15.1. The molecule has 0 bridgehead atoms. The van der Waals surface area contributed by atoms with Gasteiger partial charge >= 0.3 is 0 Å². The van der Waals surface area contributed by atoms with Gasteiger partial charge in [-0.05, 0) is 60.0 Å². The van der Waals surface area contributed by atoms with Crippen LogP contribution in [0.15, 0.2) is 77.3 Å². The summed E-state index contributed by atoms with van der Waals surface area (Å²) in [4.78, 5) is 101. The van der Waals surface area contributed by atoms with E-state index in [9.17, 15) is 33.6 Å². The largest absolute Gasteiger partial charge is 0.432 e. The number of nitrogens with one attached hydrogen (secondary N) is 1. The molecule has 3 aromatic carbocycles. The molecule has 0 spiro atoms. The number of benzene rings is 3. The summed E-state index contributed by atoms with van der Waals surface area (Å²) in [6.07, 6.45) is 1.19. The molecule has 0 unspecified atom stereocenters. The number of pyridine rings is 1. The summed E-state index contributed by atoms with van der Waals surface area (Å²) in [5.41, 5.74) is 21.6. The molecule has 0 aliphatic rings. The molecular formula is C34H27ClN8O8. The highest BCUT2D eigenvalue weighted by Gasteiger charge is 2.39. The Hall–Kier alpha value is -6.94. The number of primary amides is 4. The van der Waals surface area contributed by atoms with E-state index in [2.05, 4.69) is 15.4 Å². The molecule has 0 saturated carbocycles. The van der Waals surface area contributed by atoms with E-state index in [1.165, 1.54) is 37.4 Å². The van der Waals surface area contributed by atoms with E-state index in [0.717, 1.165) is 5.56 Å². The van der Waals surface area contributed by atoms with Gasteiger partial charge in [-0.3, -0.25) is 39.0 Å². The van der Waals surface area contributed by atoms with Crippen LogP contribution in [0.4, 0.5) is 0 Å².